The van der Waals surface area contributed by atoms with E-state index in [-0.39, 0.29) is 24.2 Å². The fourth-order valence-corrected chi connectivity index (χ4v) is 3.77. The molecule has 1 atom stereocenters. The van der Waals surface area contributed by atoms with Crippen molar-refractivity contribution in [3.05, 3.63) is 72.3 Å². The predicted octanol–water partition coefficient (Wildman–Crippen LogP) is 4.40. The van der Waals surface area contributed by atoms with Crippen LogP contribution < -0.4 is 10.2 Å². The summed E-state index contributed by atoms with van der Waals surface area (Å²) in [4.78, 5) is 39.1. The molecule has 31 heavy (non-hydrogen) atoms. The summed E-state index contributed by atoms with van der Waals surface area (Å²) in [5.41, 5.74) is 1.84. The van der Waals surface area contributed by atoms with E-state index in [1.807, 2.05) is 49.4 Å². The molecule has 0 unspecified atom stereocenters. The first-order valence-corrected chi connectivity index (χ1v) is 10.4. The van der Waals surface area contributed by atoms with Gasteiger partial charge in [-0.2, -0.15) is 0 Å². The van der Waals surface area contributed by atoms with E-state index in [9.17, 15) is 14.4 Å². The molecule has 1 saturated heterocycles. The van der Waals surface area contributed by atoms with Gasteiger partial charge in [0.2, 0.25) is 11.8 Å². The third-order valence-corrected chi connectivity index (χ3v) is 5.38. The van der Waals surface area contributed by atoms with Gasteiger partial charge in [-0.1, -0.05) is 43.3 Å². The molecule has 2 amide bonds. The van der Waals surface area contributed by atoms with Crippen LogP contribution in [0.3, 0.4) is 0 Å². The summed E-state index contributed by atoms with van der Waals surface area (Å²) in [5.74, 6) is -1.10. The fourth-order valence-electron chi connectivity index (χ4n) is 3.77. The number of anilines is 2. The smallest absolute Gasteiger partial charge is 0.338 e. The van der Waals surface area contributed by atoms with Crippen molar-refractivity contribution < 1.29 is 19.1 Å². The van der Waals surface area contributed by atoms with Crippen LogP contribution in [0.25, 0.3) is 10.8 Å². The first-order chi connectivity index (χ1) is 15.1. The van der Waals surface area contributed by atoms with Crippen LogP contribution in [0.4, 0.5) is 11.4 Å². The van der Waals surface area contributed by atoms with Crippen molar-refractivity contribution in [1.29, 1.82) is 0 Å². The Hall–Kier alpha value is -3.67. The number of carbonyl (C=O) groups is 3. The Morgan fingerprint density at radius 1 is 1.03 bits per heavy atom. The van der Waals surface area contributed by atoms with Gasteiger partial charge in [0.25, 0.3) is 0 Å². The third kappa shape index (κ3) is 4.43. The van der Waals surface area contributed by atoms with E-state index in [1.165, 1.54) is 0 Å². The van der Waals surface area contributed by atoms with Crippen LogP contribution in [0.15, 0.2) is 66.7 Å². The van der Waals surface area contributed by atoms with E-state index in [1.54, 1.807) is 29.2 Å². The number of fused-ring (bicyclic) bond motifs is 1. The second-order valence-electron chi connectivity index (χ2n) is 7.61. The van der Waals surface area contributed by atoms with Crippen molar-refractivity contribution in [3.8, 4) is 0 Å². The Balaban J connectivity index is 1.43. The molecule has 0 radical (unpaired) electrons. The molecule has 0 saturated carbocycles. The highest BCUT2D eigenvalue weighted by Crippen LogP contribution is 2.32. The molecule has 0 spiro atoms. The quantitative estimate of drug-likeness (QED) is 0.605. The molecule has 6 heteroatoms. The molecule has 1 heterocycles. The average Bonchev–Trinajstić information content (AvgIpc) is 3.19. The Morgan fingerprint density at radius 3 is 2.55 bits per heavy atom. The van der Waals surface area contributed by atoms with Gasteiger partial charge in [-0.05, 0) is 42.1 Å². The van der Waals surface area contributed by atoms with E-state index in [0.717, 1.165) is 22.9 Å². The highest BCUT2D eigenvalue weighted by molar-refractivity contribution is 6.08. The minimum absolute atomic E-state index is 0.0643. The SMILES string of the molecule is CCCOC(=O)c1ccc(NC(=O)[C@H]2CC(=O)N(c3cccc4ccccc34)C2)cc1. The normalized spacial score (nSPS) is 15.8. The zero-order valence-electron chi connectivity index (χ0n) is 17.3. The zero-order valence-corrected chi connectivity index (χ0v) is 17.3. The first-order valence-electron chi connectivity index (χ1n) is 10.4. The zero-order chi connectivity index (χ0) is 21.8. The van der Waals surface area contributed by atoms with Crippen LogP contribution in [-0.2, 0) is 14.3 Å². The van der Waals surface area contributed by atoms with Crippen LogP contribution in [-0.4, -0.2) is 30.9 Å². The van der Waals surface area contributed by atoms with E-state index >= 15 is 0 Å². The summed E-state index contributed by atoms with van der Waals surface area (Å²) in [6, 6.07) is 20.3. The molecule has 0 aliphatic carbocycles. The largest absolute Gasteiger partial charge is 0.462 e. The average molecular weight is 416 g/mol. The molecular formula is C25H24N2O4. The molecule has 3 aromatic carbocycles. The van der Waals surface area contributed by atoms with Gasteiger partial charge in [0.1, 0.15) is 0 Å². The maximum absolute atomic E-state index is 12.8. The van der Waals surface area contributed by atoms with Gasteiger partial charge in [-0.15, -0.1) is 0 Å². The van der Waals surface area contributed by atoms with Gasteiger partial charge in [-0.25, -0.2) is 4.79 Å². The van der Waals surface area contributed by atoms with Crippen molar-refractivity contribution in [2.75, 3.05) is 23.4 Å². The van der Waals surface area contributed by atoms with Crippen LogP contribution in [0.1, 0.15) is 30.1 Å². The number of nitrogens with one attached hydrogen (secondary N) is 1. The van der Waals surface area contributed by atoms with Crippen molar-refractivity contribution >= 4 is 39.9 Å². The molecule has 1 N–H and O–H groups in total. The summed E-state index contributed by atoms with van der Waals surface area (Å²) in [5, 5.41) is 4.90. The molecule has 4 rings (SSSR count). The molecule has 158 valence electrons. The lowest BCUT2D eigenvalue weighted by Crippen LogP contribution is -2.28. The number of nitrogens with zero attached hydrogens (tertiary/aromatic N) is 1. The lowest BCUT2D eigenvalue weighted by Gasteiger charge is -2.19. The lowest BCUT2D eigenvalue weighted by molar-refractivity contribution is -0.122. The van der Waals surface area contributed by atoms with E-state index in [4.69, 9.17) is 4.74 Å². The second kappa shape index (κ2) is 9.00. The summed E-state index contributed by atoms with van der Waals surface area (Å²) in [6.07, 6.45) is 0.923. The molecule has 1 aliphatic heterocycles. The van der Waals surface area contributed by atoms with Gasteiger partial charge in [0.05, 0.1) is 23.8 Å². The summed E-state index contributed by atoms with van der Waals surface area (Å²) in [6.45, 7) is 2.64. The van der Waals surface area contributed by atoms with Crippen LogP contribution in [0.5, 0.6) is 0 Å². The van der Waals surface area contributed by atoms with E-state index in [0.29, 0.717) is 24.4 Å². The number of amides is 2. The molecule has 1 aliphatic rings. The number of hydrogen-bond acceptors (Lipinski definition) is 4. The Morgan fingerprint density at radius 2 is 1.77 bits per heavy atom. The molecular weight excluding hydrogens is 392 g/mol. The Kier molecular flexibility index (Phi) is 5.98. The van der Waals surface area contributed by atoms with Gasteiger partial charge >= 0.3 is 5.97 Å². The first kappa shape index (κ1) is 20.6. The topological polar surface area (TPSA) is 75.7 Å². The highest BCUT2D eigenvalue weighted by Gasteiger charge is 2.35. The Labute approximate surface area is 180 Å². The van der Waals surface area contributed by atoms with Crippen LogP contribution >= 0.6 is 0 Å². The van der Waals surface area contributed by atoms with Crippen LogP contribution in [0.2, 0.25) is 0 Å². The van der Waals surface area contributed by atoms with Gasteiger partial charge in [-0.3, -0.25) is 9.59 Å². The standard InChI is InChI=1S/C25H24N2O4/c1-2-14-31-25(30)18-10-12-20(13-11-18)26-24(29)19-15-23(28)27(16-19)22-9-5-7-17-6-3-4-8-21(17)22/h3-13,19H,2,14-16H2,1H3,(H,26,29)/t19-/m0/s1. The van der Waals surface area contributed by atoms with Gasteiger partial charge in [0, 0.05) is 24.0 Å². The third-order valence-electron chi connectivity index (χ3n) is 5.38. The molecule has 0 aromatic heterocycles. The highest BCUT2D eigenvalue weighted by atomic mass is 16.5. The maximum Gasteiger partial charge on any atom is 0.338 e. The van der Waals surface area contributed by atoms with Gasteiger partial charge < -0.3 is 15.0 Å². The molecule has 0 bridgehead atoms. The van der Waals surface area contributed by atoms with Crippen molar-refractivity contribution in [3.63, 3.8) is 0 Å². The van der Waals surface area contributed by atoms with Gasteiger partial charge in [0.15, 0.2) is 0 Å². The number of hydrogen-bond donors (Lipinski definition) is 1. The maximum atomic E-state index is 12.8. The number of rotatable bonds is 6. The van der Waals surface area contributed by atoms with Crippen molar-refractivity contribution in [2.45, 2.75) is 19.8 Å². The number of carbonyl (C=O) groups excluding carboxylic acids is 3. The van der Waals surface area contributed by atoms with Crippen molar-refractivity contribution in [1.82, 2.24) is 0 Å². The summed E-state index contributed by atoms with van der Waals surface area (Å²) < 4.78 is 5.11. The van der Waals surface area contributed by atoms with E-state index in [2.05, 4.69) is 5.32 Å². The Bertz CT molecular complexity index is 1120. The minimum Gasteiger partial charge on any atom is -0.462 e. The van der Waals surface area contributed by atoms with E-state index < -0.39 is 5.92 Å². The number of benzene rings is 3. The molecule has 3 aromatic rings. The summed E-state index contributed by atoms with van der Waals surface area (Å²) in [7, 11) is 0. The number of ether oxygens (including phenoxy) is 1. The fraction of sp³-hybridized carbons (Fsp3) is 0.240. The number of esters is 1. The second-order valence-corrected chi connectivity index (χ2v) is 7.61. The predicted molar refractivity (Wildman–Crippen MR) is 120 cm³/mol. The minimum atomic E-state index is -0.444. The molecule has 6 nitrogen and oxygen atoms in total. The molecule has 1 fully saturated rings. The van der Waals surface area contributed by atoms with Crippen molar-refractivity contribution in [2.24, 2.45) is 5.92 Å². The van der Waals surface area contributed by atoms with Crippen LogP contribution in [0, 0.1) is 5.92 Å². The monoisotopic (exact) mass is 416 g/mol. The lowest BCUT2D eigenvalue weighted by atomic mass is 10.1. The summed E-state index contributed by atoms with van der Waals surface area (Å²) >= 11 is 0.